The van der Waals surface area contributed by atoms with Crippen molar-refractivity contribution < 1.29 is 0 Å². The lowest BCUT2D eigenvalue weighted by Crippen LogP contribution is -2.18. The molecule has 4 nitrogen and oxygen atoms in total. The Hall–Kier alpha value is -1.50. The van der Waals surface area contributed by atoms with Crippen molar-refractivity contribution in [3.8, 4) is 0 Å². The fourth-order valence-electron chi connectivity index (χ4n) is 2.13. The van der Waals surface area contributed by atoms with Gasteiger partial charge in [-0.15, -0.1) is 22.7 Å². The first-order valence-corrected chi connectivity index (χ1v) is 8.15. The van der Waals surface area contributed by atoms with Crippen LogP contribution in [0.15, 0.2) is 29.0 Å². The zero-order chi connectivity index (χ0) is 13.9. The normalized spacial score (nSPS) is 11.3. The van der Waals surface area contributed by atoms with Crippen LogP contribution in [0.2, 0.25) is 0 Å². The van der Waals surface area contributed by atoms with Gasteiger partial charge in [0.2, 0.25) is 0 Å². The van der Waals surface area contributed by atoms with Crippen LogP contribution in [0.4, 0.5) is 5.82 Å². The molecule has 0 atom stereocenters. The molecule has 0 saturated heterocycles. The van der Waals surface area contributed by atoms with Crippen LogP contribution >= 0.6 is 22.7 Å². The number of thiophene rings is 2. The summed E-state index contributed by atoms with van der Waals surface area (Å²) in [5, 5.41) is 8.42. The van der Waals surface area contributed by atoms with Crippen molar-refractivity contribution in [2.75, 3.05) is 19.4 Å². The highest BCUT2D eigenvalue weighted by molar-refractivity contribution is 7.16. The van der Waals surface area contributed by atoms with E-state index in [1.807, 2.05) is 7.05 Å². The van der Waals surface area contributed by atoms with Crippen LogP contribution in [-0.2, 0) is 13.1 Å². The summed E-state index contributed by atoms with van der Waals surface area (Å²) >= 11 is 3.44. The maximum absolute atomic E-state index is 4.64. The van der Waals surface area contributed by atoms with Crippen molar-refractivity contribution in [2.24, 2.45) is 0 Å². The van der Waals surface area contributed by atoms with Crippen LogP contribution in [-0.4, -0.2) is 29.0 Å². The van der Waals surface area contributed by atoms with Crippen LogP contribution < -0.4 is 5.32 Å². The lowest BCUT2D eigenvalue weighted by Gasteiger charge is -2.15. The van der Waals surface area contributed by atoms with Gasteiger partial charge in [0, 0.05) is 18.5 Å². The summed E-state index contributed by atoms with van der Waals surface area (Å²) < 4.78 is 0. The Morgan fingerprint density at radius 3 is 2.80 bits per heavy atom. The fraction of sp³-hybridized carbons (Fsp3) is 0.286. The van der Waals surface area contributed by atoms with Crippen molar-refractivity contribution in [3.63, 3.8) is 0 Å². The van der Waals surface area contributed by atoms with Gasteiger partial charge in [-0.25, -0.2) is 9.97 Å². The van der Waals surface area contributed by atoms with Crippen molar-refractivity contribution in [2.45, 2.75) is 13.1 Å². The number of anilines is 1. The minimum absolute atomic E-state index is 0.750. The molecule has 3 rings (SSSR count). The Bertz CT molecular complexity index is 690. The van der Waals surface area contributed by atoms with E-state index in [9.17, 15) is 0 Å². The van der Waals surface area contributed by atoms with Crippen molar-refractivity contribution >= 4 is 38.7 Å². The molecule has 3 aromatic heterocycles. The van der Waals surface area contributed by atoms with Gasteiger partial charge in [-0.3, -0.25) is 4.90 Å². The van der Waals surface area contributed by atoms with Crippen LogP contribution in [0, 0.1) is 0 Å². The fourth-order valence-corrected chi connectivity index (χ4v) is 3.69. The van der Waals surface area contributed by atoms with Crippen molar-refractivity contribution in [3.05, 3.63) is 39.7 Å². The smallest absolute Gasteiger partial charge is 0.146 e. The molecule has 1 N–H and O–H groups in total. The summed E-state index contributed by atoms with van der Waals surface area (Å²) in [5.74, 6) is 1.78. The largest absolute Gasteiger partial charge is 0.372 e. The maximum atomic E-state index is 4.64. The van der Waals surface area contributed by atoms with E-state index in [0.29, 0.717) is 0 Å². The highest BCUT2D eigenvalue weighted by Gasteiger charge is 2.10. The van der Waals surface area contributed by atoms with Gasteiger partial charge in [-0.1, -0.05) is 6.07 Å². The Labute approximate surface area is 126 Å². The molecule has 0 unspecified atom stereocenters. The van der Waals surface area contributed by atoms with Gasteiger partial charge in [0.25, 0.3) is 0 Å². The van der Waals surface area contributed by atoms with E-state index in [4.69, 9.17) is 0 Å². The average Bonchev–Trinajstić information content (AvgIpc) is 3.08. The molecule has 0 radical (unpaired) electrons. The third-order valence-electron chi connectivity index (χ3n) is 3.03. The molecule has 0 fully saturated rings. The van der Waals surface area contributed by atoms with Gasteiger partial charge >= 0.3 is 0 Å². The Morgan fingerprint density at radius 1 is 1.15 bits per heavy atom. The molecule has 6 heteroatoms. The lowest BCUT2D eigenvalue weighted by molar-refractivity contribution is 0.314. The third-order valence-corrected chi connectivity index (χ3v) is 4.69. The van der Waals surface area contributed by atoms with Gasteiger partial charge in [-0.05, 0) is 29.9 Å². The molecule has 0 aromatic carbocycles. The van der Waals surface area contributed by atoms with Gasteiger partial charge in [-0.2, -0.15) is 0 Å². The number of hydrogen-bond acceptors (Lipinski definition) is 6. The third kappa shape index (κ3) is 2.82. The number of aromatic nitrogens is 2. The quantitative estimate of drug-likeness (QED) is 0.784. The average molecular weight is 304 g/mol. The summed E-state index contributed by atoms with van der Waals surface area (Å²) in [6.45, 7) is 1.68. The molecule has 104 valence electrons. The first-order chi connectivity index (χ1) is 9.76. The second-order valence-corrected chi connectivity index (χ2v) is 6.56. The van der Waals surface area contributed by atoms with E-state index in [1.54, 1.807) is 22.7 Å². The van der Waals surface area contributed by atoms with Gasteiger partial charge in [0.15, 0.2) is 0 Å². The molecule has 3 heterocycles. The number of fused-ring (bicyclic) bond motifs is 1. The molecule has 0 bridgehead atoms. The molecular formula is C14H16N4S2. The lowest BCUT2D eigenvalue weighted by atomic mass is 10.3. The standard InChI is InChI=1S/C14H16N4S2/c1-15-13-11-5-7-20-14(11)17-12(16-13)9-18(2)8-10-4-3-6-19-10/h3-7H,8-9H2,1-2H3,(H,15,16,17). The van der Waals surface area contributed by atoms with Gasteiger partial charge in [0.05, 0.1) is 11.9 Å². The Morgan fingerprint density at radius 2 is 2.05 bits per heavy atom. The molecule has 0 amide bonds. The maximum Gasteiger partial charge on any atom is 0.146 e. The van der Waals surface area contributed by atoms with E-state index in [2.05, 4.69) is 56.2 Å². The van der Waals surface area contributed by atoms with Gasteiger partial charge in [0.1, 0.15) is 16.5 Å². The van der Waals surface area contributed by atoms with E-state index >= 15 is 0 Å². The first-order valence-electron chi connectivity index (χ1n) is 6.39. The number of nitrogens with one attached hydrogen (secondary N) is 1. The topological polar surface area (TPSA) is 41.1 Å². The predicted octanol–water partition coefficient (Wildman–Crippen LogP) is 3.43. The van der Waals surface area contributed by atoms with Gasteiger partial charge < -0.3 is 5.32 Å². The minimum atomic E-state index is 0.750. The van der Waals surface area contributed by atoms with E-state index in [0.717, 1.165) is 34.9 Å². The predicted molar refractivity (Wildman–Crippen MR) is 86.5 cm³/mol. The summed E-state index contributed by atoms with van der Waals surface area (Å²) in [6, 6.07) is 6.30. The summed E-state index contributed by atoms with van der Waals surface area (Å²) in [7, 11) is 4.00. The summed E-state index contributed by atoms with van der Waals surface area (Å²) in [6.07, 6.45) is 0. The van der Waals surface area contributed by atoms with Crippen LogP contribution in [0.25, 0.3) is 10.2 Å². The van der Waals surface area contributed by atoms with E-state index in [1.165, 1.54) is 4.88 Å². The number of hydrogen-bond donors (Lipinski definition) is 1. The van der Waals surface area contributed by atoms with Crippen molar-refractivity contribution in [1.29, 1.82) is 0 Å². The first kappa shape index (κ1) is 13.5. The molecular weight excluding hydrogens is 288 g/mol. The van der Waals surface area contributed by atoms with Crippen LogP contribution in [0.3, 0.4) is 0 Å². The second-order valence-electron chi connectivity index (χ2n) is 4.63. The highest BCUT2D eigenvalue weighted by Crippen LogP contribution is 2.25. The van der Waals surface area contributed by atoms with Crippen LogP contribution in [0.5, 0.6) is 0 Å². The SMILES string of the molecule is CNc1nc(CN(C)Cc2cccs2)nc2sccc12. The second kappa shape index (κ2) is 5.87. The summed E-state index contributed by atoms with van der Waals surface area (Å²) in [4.78, 5) is 13.9. The molecule has 0 aliphatic carbocycles. The molecule has 0 aliphatic rings. The molecule has 0 aliphatic heterocycles. The Kier molecular flexibility index (Phi) is 3.95. The highest BCUT2D eigenvalue weighted by atomic mass is 32.1. The monoisotopic (exact) mass is 304 g/mol. The van der Waals surface area contributed by atoms with E-state index < -0.39 is 0 Å². The molecule has 3 aromatic rings. The molecule has 20 heavy (non-hydrogen) atoms. The Balaban J connectivity index is 1.79. The minimum Gasteiger partial charge on any atom is -0.372 e. The molecule has 0 saturated carbocycles. The number of rotatable bonds is 5. The van der Waals surface area contributed by atoms with Crippen LogP contribution in [0.1, 0.15) is 10.7 Å². The number of nitrogens with zero attached hydrogens (tertiary/aromatic N) is 3. The zero-order valence-electron chi connectivity index (χ0n) is 11.5. The molecule has 0 spiro atoms. The zero-order valence-corrected chi connectivity index (χ0v) is 13.1. The van der Waals surface area contributed by atoms with E-state index in [-0.39, 0.29) is 0 Å². The van der Waals surface area contributed by atoms with Crippen molar-refractivity contribution in [1.82, 2.24) is 14.9 Å². The summed E-state index contributed by atoms with van der Waals surface area (Å²) in [5.41, 5.74) is 0.